The third-order valence-corrected chi connectivity index (χ3v) is 6.82. The number of thioether (sulfide) groups is 1. The molecular formula is C24H29N3O4S. The molecule has 2 aliphatic rings. The van der Waals surface area contributed by atoms with E-state index in [0.29, 0.717) is 45.9 Å². The molecule has 1 aromatic carbocycles. The van der Waals surface area contributed by atoms with Crippen LogP contribution in [0.3, 0.4) is 0 Å². The molecule has 0 radical (unpaired) electrons. The molecule has 0 spiro atoms. The second kappa shape index (κ2) is 9.40. The Balaban J connectivity index is 1.82. The highest BCUT2D eigenvalue weighted by molar-refractivity contribution is 7.99. The summed E-state index contributed by atoms with van der Waals surface area (Å²) in [7, 11) is 3.15. The number of Topliss-reactive ketones (excluding diaryl/α,β-unsaturated/α-hetero) is 1. The summed E-state index contributed by atoms with van der Waals surface area (Å²) in [6, 6.07) is 5.54. The van der Waals surface area contributed by atoms with Crippen molar-refractivity contribution in [1.82, 2.24) is 9.97 Å². The highest BCUT2D eigenvalue weighted by Gasteiger charge is 2.38. The smallest absolute Gasteiger partial charge is 0.257 e. The molecule has 0 bridgehead atoms. The fourth-order valence-corrected chi connectivity index (χ4v) is 5.37. The van der Waals surface area contributed by atoms with Gasteiger partial charge in [-0.3, -0.25) is 9.59 Å². The summed E-state index contributed by atoms with van der Waals surface area (Å²) in [4.78, 5) is 33.9. The number of methoxy groups -OCH3 is 2. The van der Waals surface area contributed by atoms with Gasteiger partial charge < -0.3 is 19.8 Å². The van der Waals surface area contributed by atoms with Crippen LogP contribution in [0.25, 0.3) is 0 Å². The molecule has 1 aliphatic carbocycles. The lowest BCUT2D eigenvalue weighted by Gasteiger charge is -2.33. The first kappa shape index (κ1) is 22.5. The Kier molecular flexibility index (Phi) is 6.60. The fraction of sp³-hybridized carbons (Fsp3) is 0.458. The van der Waals surface area contributed by atoms with Crippen molar-refractivity contribution in [3.63, 3.8) is 0 Å². The van der Waals surface area contributed by atoms with Crippen molar-refractivity contribution in [2.24, 2.45) is 5.92 Å². The monoisotopic (exact) mass is 455 g/mol. The first-order chi connectivity index (χ1) is 15.4. The van der Waals surface area contributed by atoms with Crippen LogP contribution in [0.5, 0.6) is 11.5 Å². The van der Waals surface area contributed by atoms with Crippen LogP contribution in [0, 0.1) is 5.92 Å². The van der Waals surface area contributed by atoms with Crippen molar-refractivity contribution in [2.75, 3.05) is 25.3 Å². The van der Waals surface area contributed by atoms with Crippen LogP contribution in [-0.4, -0.2) is 35.7 Å². The van der Waals surface area contributed by atoms with E-state index in [1.54, 1.807) is 32.0 Å². The summed E-state index contributed by atoms with van der Waals surface area (Å²) in [5.41, 5.74) is 2.58. The Labute approximate surface area is 192 Å². The Morgan fingerprint density at radius 3 is 2.66 bits per heavy atom. The normalized spacial score (nSPS) is 17.7. The number of ketones is 1. The van der Waals surface area contributed by atoms with Crippen molar-refractivity contribution >= 4 is 23.4 Å². The lowest BCUT2D eigenvalue weighted by Crippen LogP contribution is -2.32. The number of rotatable bonds is 7. The number of nitrogens with one attached hydrogen (secondary N) is 2. The highest BCUT2D eigenvalue weighted by atomic mass is 32.2. The average molecular weight is 456 g/mol. The van der Waals surface area contributed by atoms with Gasteiger partial charge in [-0.1, -0.05) is 31.7 Å². The maximum atomic E-state index is 13.3. The fourth-order valence-electron chi connectivity index (χ4n) is 4.27. The number of nitrogens with zero attached hydrogens (tertiary/aromatic N) is 1. The van der Waals surface area contributed by atoms with E-state index in [2.05, 4.69) is 24.1 Å². The molecule has 1 aliphatic heterocycles. The Morgan fingerprint density at radius 1 is 1.16 bits per heavy atom. The second-order valence-electron chi connectivity index (χ2n) is 8.51. The molecule has 0 saturated heterocycles. The highest BCUT2D eigenvalue weighted by Crippen LogP contribution is 2.45. The number of hydrogen-bond acceptors (Lipinski definition) is 7. The van der Waals surface area contributed by atoms with Crippen molar-refractivity contribution in [3.05, 3.63) is 50.9 Å². The standard InChI is InChI=1S/C24H29N3O4S/c1-13(2)10-11-32-24-26-22-21(23(29)27-24)19(20-15(25-22)6-5-7-16(20)28)14-8-9-17(30-3)18(12-14)31-4/h8-9,12-13,19H,5-7,10-11H2,1-4H3,(H2,25,26,27,29). The first-order valence-electron chi connectivity index (χ1n) is 10.9. The number of allylic oxidation sites excluding steroid dienone is 2. The molecule has 0 saturated carbocycles. The molecule has 2 heterocycles. The molecule has 1 unspecified atom stereocenters. The zero-order valence-corrected chi connectivity index (χ0v) is 19.7. The largest absolute Gasteiger partial charge is 0.493 e. The predicted octanol–water partition coefficient (Wildman–Crippen LogP) is 4.49. The van der Waals surface area contributed by atoms with E-state index in [-0.39, 0.29) is 11.3 Å². The van der Waals surface area contributed by atoms with E-state index in [4.69, 9.17) is 14.5 Å². The molecule has 32 heavy (non-hydrogen) atoms. The molecule has 7 nitrogen and oxygen atoms in total. The molecule has 1 atom stereocenters. The maximum Gasteiger partial charge on any atom is 0.257 e. The van der Waals surface area contributed by atoms with Gasteiger partial charge in [-0.25, -0.2) is 4.98 Å². The molecule has 2 aromatic rings. The zero-order chi connectivity index (χ0) is 22.8. The van der Waals surface area contributed by atoms with E-state index in [0.717, 1.165) is 36.3 Å². The quantitative estimate of drug-likeness (QED) is 0.469. The van der Waals surface area contributed by atoms with Crippen LogP contribution in [-0.2, 0) is 4.79 Å². The molecule has 0 amide bonds. The van der Waals surface area contributed by atoms with Gasteiger partial charge in [0.2, 0.25) is 0 Å². The first-order valence-corrected chi connectivity index (χ1v) is 11.9. The van der Waals surface area contributed by atoms with Crippen LogP contribution in [0.15, 0.2) is 39.4 Å². The van der Waals surface area contributed by atoms with Crippen molar-refractivity contribution in [2.45, 2.75) is 50.6 Å². The number of hydrogen-bond donors (Lipinski definition) is 2. The number of aromatic nitrogens is 2. The van der Waals surface area contributed by atoms with Crippen molar-refractivity contribution in [1.29, 1.82) is 0 Å². The summed E-state index contributed by atoms with van der Waals surface area (Å²) in [5.74, 6) is 2.72. The third-order valence-electron chi connectivity index (χ3n) is 5.91. The summed E-state index contributed by atoms with van der Waals surface area (Å²) in [5, 5.41) is 3.92. The van der Waals surface area contributed by atoms with E-state index < -0.39 is 5.92 Å². The second-order valence-corrected chi connectivity index (χ2v) is 9.59. The number of aromatic amines is 1. The lowest BCUT2D eigenvalue weighted by molar-refractivity contribution is -0.116. The molecule has 4 rings (SSSR count). The Hall–Kier alpha value is -2.74. The summed E-state index contributed by atoms with van der Waals surface area (Å²) < 4.78 is 10.9. The van der Waals surface area contributed by atoms with E-state index in [9.17, 15) is 9.59 Å². The molecule has 170 valence electrons. The SMILES string of the molecule is COc1ccc(C2C3=C(CCCC3=O)Nc3nc(SCCC(C)C)[nH]c(=O)c32)cc1OC. The average Bonchev–Trinajstić information content (AvgIpc) is 2.77. The van der Waals surface area contributed by atoms with Gasteiger partial charge in [0.1, 0.15) is 5.82 Å². The number of fused-ring (bicyclic) bond motifs is 1. The van der Waals surface area contributed by atoms with Gasteiger partial charge in [-0.15, -0.1) is 0 Å². The minimum Gasteiger partial charge on any atom is -0.493 e. The summed E-state index contributed by atoms with van der Waals surface area (Å²) >= 11 is 1.55. The van der Waals surface area contributed by atoms with Crippen molar-refractivity contribution in [3.8, 4) is 11.5 Å². The number of carbonyl (C=O) groups is 1. The summed E-state index contributed by atoms with van der Waals surface area (Å²) in [6.45, 7) is 4.35. The number of carbonyl (C=O) groups excluding carboxylic acids is 1. The van der Waals surface area contributed by atoms with Crippen molar-refractivity contribution < 1.29 is 14.3 Å². The summed E-state index contributed by atoms with van der Waals surface area (Å²) in [6.07, 6.45) is 3.07. The zero-order valence-electron chi connectivity index (χ0n) is 18.9. The van der Waals surface area contributed by atoms with Crippen LogP contribution in [0.2, 0.25) is 0 Å². The van der Waals surface area contributed by atoms with E-state index in [1.807, 2.05) is 12.1 Å². The molecule has 1 aromatic heterocycles. The van der Waals surface area contributed by atoms with Crippen LogP contribution >= 0.6 is 11.8 Å². The van der Waals surface area contributed by atoms with Gasteiger partial charge in [0.15, 0.2) is 22.4 Å². The maximum absolute atomic E-state index is 13.3. The van der Waals surface area contributed by atoms with Gasteiger partial charge in [0.25, 0.3) is 5.56 Å². The van der Waals surface area contributed by atoms with Gasteiger partial charge in [-0.05, 0) is 42.9 Å². The molecule has 8 heteroatoms. The van der Waals surface area contributed by atoms with Crippen LogP contribution in [0.4, 0.5) is 5.82 Å². The van der Waals surface area contributed by atoms with Gasteiger partial charge in [-0.2, -0.15) is 0 Å². The predicted molar refractivity (Wildman–Crippen MR) is 126 cm³/mol. The molecular weight excluding hydrogens is 426 g/mol. The number of H-pyrrole nitrogens is 1. The number of ether oxygens (including phenoxy) is 2. The lowest BCUT2D eigenvalue weighted by atomic mass is 9.76. The van der Waals surface area contributed by atoms with E-state index >= 15 is 0 Å². The number of benzene rings is 1. The minimum absolute atomic E-state index is 0.0685. The molecule has 2 N–H and O–H groups in total. The van der Waals surface area contributed by atoms with Crippen LogP contribution < -0.4 is 20.3 Å². The number of anilines is 1. The minimum atomic E-state index is -0.500. The topological polar surface area (TPSA) is 93.3 Å². The Morgan fingerprint density at radius 2 is 1.94 bits per heavy atom. The Bertz CT molecular complexity index is 1120. The van der Waals surface area contributed by atoms with E-state index in [1.165, 1.54) is 0 Å². The van der Waals surface area contributed by atoms with Gasteiger partial charge >= 0.3 is 0 Å². The van der Waals surface area contributed by atoms with Gasteiger partial charge in [0, 0.05) is 29.4 Å². The third kappa shape index (κ3) is 4.28. The van der Waals surface area contributed by atoms with Gasteiger partial charge in [0.05, 0.1) is 19.8 Å². The molecule has 0 fully saturated rings. The van der Waals surface area contributed by atoms with Crippen LogP contribution in [0.1, 0.15) is 56.6 Å².